The first-order valence-electron chi connectivity index (χ1n) is 5.34. The molecule has 0 saturated carbocycles. The summed E-state index contributed by atoms with van der Waals surface area (Å²) in [6.45, 7) is 9.86. The summed E-state index contributed by atoms with van der Waals surface area (Å²) < 4.78 is 5.11. The lowest BCUT2D eigenvalue weighted by Crippen LogP contribution is -2.27. The van der Waals surface area contributed by atoms with Gasteiger partial charge in [0.25, 0.3) is 0 Å². The Labute approximate surface area is 96.3 Å². The third-order valence-corrected chi connectivity index (χ3v) is 3.77. The summed E-state index contributed by atoms with van der Waals surface area (Å²) in [5.74, 6) is -0.323. The van der Waals surface area contributed by atoms with Crippen molar-refractivity contribution in [3.8, 4) is 0 Å². The fourth-order valence-electron chi connectivity index (χ4n) is 0.962. The summed E-state index contributed by atoms with van der Waals surface area (Å²) in [5, 5.41) is 1.21. The molecule has 15 heavy (non-hydrogen) atoms. The lowest BCUT2D eigenvalue weighted by atomic mass is 10.2. The minimum Gasteiger partial charge on any atom is -0.305 e. The highest BCUT2D eigenvalue weighted by Crippen LogP contribution is 2.11. The van der Waals surface area contributed by atoms with Crippen molar-refractivity contribution in [1.82, 2.24) is 0 Å². The largest absolute Gasteiger partial charge is 0.366 e. The Morgan fingerprint density at radius 1 is 1.33 bits per heavy atom. The van der Waals surface area contributed by atoms with E-state index >= 15 is 0 Å². The summed E-state index contributed by atoms with van der Waals surface area (Å²) in [5.41, 5.74) is 0.724. The molecule has 0 aliphatic carbocycles. The van der Waals surface area contributed by atoms with Gasteiger partial charge in [0.05, 0.1) is 0 Å². The molecule has 0 aliphatic rings. The van der Waals surface area contributed by atoms with Crippen LogP contribution in [0.3, 0.4) is 0 Å². The maximum Gasteiger partial charge on any atom is 0.366 e. The van der Waals surface area contributed by atoms with Crippen LogP contribution in [0.1, 0.15) is 26.7 Å². The second-order valence-corrected chi connectivity index (χ2v) is 10.3. The van der Waals surface area contributed by atoms with E-state index in [2.05, 4.69) is 6.92 Å². The third-order valence-electron chi connectivity index (χ3n) is 1.94. The van der Waals surface area contributed by atoms with Crippen LogP contribution in [0.25, 0.3) is 0 Å². The fourth-order valence-corrected chi connectivity index (χ4v) is 1.99. The normalized spacial score (nSPS) is 13.7. The Morgan fingerprint density at radius 2 is 1.87 bits per heavy atom. The van der Waals surface area contributed by atoms with Crippen LogP contribution in [0.2, 0.25) is 19.6 Å². The molecule has 0 spiro atoms. The number of carbonyl (C=O) groups is 1. The topological polar surface area (TPSA) is 35.5 Å². The van der Waals surface area contributed by atoms with Crippen LogP contribution in [-0.4, -0.2) is 24.5 Å². The van der Waals surface area contributed by atoms with E-state index in [0.717, 1.165) is 28.7 Å². The Hall–Kier alpha value is -0.396. The third kappa shape index (κ3) is 6.64. The zero-order valence-corrected chi connectivity index (χ0v) is 13.6. The van der Waals surface area contributed by atoms with E-state index in [4.69, 9.17) is 9.46 Å². The molecule has 0 rings (SSSR count). The van der Waals surface area contributed by atoms with Gasteiger partial charge in [-0.2, -0.15) is 0 Å². The second-order valence-electron chi connectivity index (χ2n) is 4.72. The fraction of sp³-hybridized carbons (Fsp3) is 0.700. The lowest BCUT2D eigenvalue weighted by Gasteiger charge is -2.15. The summed E-state index contributed by atoms with van der Waals surface area (Å²) in [7, 11) is -0.862. The molecule has 0 aromatic rings. The number of hydrogen-bond acceptors (Lipinski definition) is 3. The predicted octanol–water partition coefficient (Wildman–Crippen LogP) is 1.74. The maximum absolute atomic E-state index is 11.5. The molecule has 0 radical (unpaired) electrons. The molecule has 88 valence electrons. The van der Waals surface area contributed by atoms with E-state index in [1.165, 1.54) is 5.20 Å². The molecule has 0 aliphatic heterocycles. The molecule has 0 saturated heterocycles. The zero-order chi connectivity index (χ0) is 12.1. The van der Waals surface area contributed by atoms with Gasteiger partial charge in [-0.05, 0) is 33.0 Å². The predicted molar refractivity (Wildman–Crippen MR) is 68.1 cm³/mol. The lowest BCUT2D eigenvalue weighted by molar-refractivity contribution is -0.214. The minimum atomic E-state index is -1.77. The molecule has 0 atom stereocenters. The summed E-state index contributed by atoms with van der Waals surface area (Å²) >= 11 is 0. The van der Waals surface area contributed by atoms with Gasteiger partial charge >= 0.3 is 5.97 Å². The van der Waals surface area contributed by atoms with Gasteiger partial charge in [-0.15, -0.1) is 0 Å². The highest BCUT2D eigenvalue weighted by Gasteiger charge is 2.20. The molecule has 0 bridgehead atoms. The molecule has 0 amide bonds. The average Bonchev–Trinajstić information content (AvgIpc) is 2.12. The Balaban J connectivity index is 4.28. The Bertz CT molecular complexity index is 254. The molecule has 0 aromatic heterocycles. The van der Waals surface area contributed by atoms with Crippen LogP contribution in [0.15, 0.2) is 10.8 Å². The Kier molecular flexibility index (Phi) is 6.08. The van der Waals surface area contributed by atoms with E-state index < -0.39 is 8.32 Å². The van der Waals surface area contributed by atoms with Crippen LogP contribution >= 0.6 is 0 Å². The molecule has 0 N–H and O–H groups in total. The molecule has 0 unspecified atom stereocenters. The molecule has 0 fully saturated rings. The zero-order valence-electron chi connectivity index (χ0n) is 10.6. The van der Waals surface area contributed by atoms with Crippen molar-refractivity contribution in [2.45, 2.75) is 46.3 Å². The second kappa shape index (κ2) is 6.24. The van der Waals surface area contributed by atoms with Gasteiger partial charge in [-0.25, -0.2) is 9.37 Å². The van der Waals surface area contributed by atoms with Crippen LogP contribution < -0.4 is 0 Å². The number of allylic oxidation sites excluding steroid dienone is 1. The van der Waals surface area contributed by atoms with E-state index in [9.17, 15) is 4.79 Å². The smallest absolute Gasteiger partial charge is 0.305 e. The average molecular weight is 246 g/mol. The molecular formula is C10H22O3Si2. The van der Waals surface area contributed by atoms with Crippen molar-refractivity contribution >= 4 is 24.5 Å². The van der Waals surface area contributed by atoms with Crippen molar-refractivity contribution in [2.75, 3.05) is 0 Å². The monoisotopic (exact) mass is 246 g/mol. The van der Waals surface area contributed by atoms with E-state index in [1.807, 2.05) is 26.6 Å². The van der Waals surface area contributed by atoms with E-state index in [-0.39, 0.29) is 5.97 Å². The highest BCUT2D eigenvalue weighted by atomic mass is 28.4. The van der Waals surface area contributed by atoms with Gasteiger partial charge in [0, 0.05) is 15.8 Å². The van der Waals surface area contributed by atoms with Gasteiger partial charge < -0.3 is 4.89 Å². The molecular weight excluding hydrogens is 224 g/mol. The van der Waals surface area contributed by atoms with Gasteiger partial charge in [0.2, 0.25) is 8.32 Å². The first kappa shape index (κ1) is 14.6. The van der Waals surface area contributed by atoms with E-state index in [0.29, 0.717) is 0 Å². The minimum absolute atomic E-state index is 0.323. The van der Waals surface area contributed by atoms with Crippen molar-refractivity contribution in [1.29, 1.82) is 0 Å². The van der Waals surface area contributed by atoms with Crippen molar-refractivity contribution < 1.29 is 14.3 Å². The summed E-state index contributed by atoms with van der Waals surface area (Å²) in [4.78, 5) is 16.4. The number of hydrogen-bond donors (Lipinski definition) is 0. The van der Waals surface area contributed by atoms with Gasteiger partial charge in [-0.1, -0.05) is 18.5 Å². The van der Waals surface area contributed by atoms with Crippen LogP contribution in [0.5, 0.6) is 0 Å². The number of carbonyl (C=O) groups excluding carboxylic acids is 1. The van der Waals surface area contributed by atoms with Gasteiger partial charge in [0.15, 0.2) is 0 Å². The Morgan fingerprint density at radius 3 is 2.27 bits per heavy atom. The molecule has 0 aromatic carbocycles. The maximum atomic E-state index is 11.5. The summed E-state index contributed by atoms with van der Waals surface area (Å²) in [6.07, 6.45) is 2.05. The van der Waals surface area contributed by atoms with Gasteiger partial charge in [-0.3, -0.25) is 0 Å². The van der Waals surface area contributed by atoms with Crippen LogP contribution in [-0.2, 0) is 14.3 Å². The molecule has 5 heteroatoms. The first-order valence-corrected chi connectivity index (χ1v) is 9.75. The van der Waals surface area contributed by atoms with Crippen molar-refractivity contribution in [2.24, 2.45) is 0 Å². The molecule has 3 nitrogen and oxygen atoms in total. The van der Waals surface area contributed by atoms with Gasteiger partial charge in [0.1, 0.15) is 0 Å². The summed E-state index contributed by atoms with van der Waals surface area (Å²) in [6, 6.07) is 0. The highest BCUT2D eigenvalue weighted by molar-refractivity contribution is 6.69. The van der Waals surface area contributed by atoms with Crippen LogP contribution in [0, 0.1) is 0 Å². The molecule has 0 heterocycles. The van der Waals surface area contributed by atoms with Crippen LogP contribution in [0.4, 0.5) is 0 Å². The van der Waals surface area contributed by atoms with Crippen molar-refractivity contribution in [3.63, 3.8) is 0 Å². The standard InChI is InChI=1S/C10H22O3Si2/c1-6-7-9(14)8(2)10(11)12-13-15(3,4)5/h6-7H2,1-5,14H3/b9-8+. The number of rotatable bonds is 5. The quantitative estimate of drug-likeness (QED) is 0.321. The van der Waals surface area contributed by atoms with Crippen molar-refractivity contribution in [3.05, 3.63) is 10.8 Å². The SMILES string of the molecule is CCC/C([SiH3])=C(/C)C(=O)OO[Si](C)(C)C. The van der Waals surface area contributed by atoms with E-state index in [1.54, 1.807) is 0 Å². The first-order chi connectivity index (χ1) is 6.78.